The number of ether oxygens (including phenoxy) is 1. The highest BCUT2D eigenvalue weighted by atomic mass is 16.5. The first-order valence-electron chi connectivity index (χ1n) is 8.38. The molecule has 1 aromatic heterocycles. The number of H-pyrrole nitrogens is 1. The number of benzene rings is 1. The van der Waals surface area contributed by atoms with Gasteiger partial charge in [0.15, 0.2) is 0 Å². The number of aliphatic hydroxyl groups is 1. The number of hydrogen-bond donors (Lipinski definition) is 2. The second kappa shape index (κ2) is 5.98. The number of aliphatic hydroxyl groups excluding tert-OH is 1. The van der Waals surface area contributed by atoms with Crippen molar-refractivity contribution in [3.8, 4) is 0 Å². The molecule has 1 saturated carbocycles. The molecule has 1 aliphatic carbocycles. The van der Waals surface area contributed by atoms with Crippen molar-refractivity contribution in [1.82, 2.24) is 9.88 Å². The Labute approximate surface area is 135 Å². The van der Waals surface area contributed by atoms with Crippen LogP contribution in [0, 0.1) is 5.92 Å². The molecule has 5 heteroatoms. The van der Waals surface area contributed by atoms with Crippen LogP contribution in [0.15, 0.2) is 30.5 Å². The summed E-state index contributed by atoms with van der Waals surface area (Å²) in [5, 5.41) is 11.3. The molecular formula is C18H22N2O3. The number of fused-ring (bicyclic) bond motifs is 1. The van der Waals surface area contributed by atoms with Crippen molar-refractivity contribution in [1.29, 1.82) is 0 Å². The number of aromatic amines is 1. The zero-order chi connectivity index (χ0) is 15.8. The van der Waals surface area contributed by atoms with Gasteiger partial charge in [-0.3, -0.25) is 4.79 Å². The Morgan fingerprint density at radius 1 is 1.30 bits per heavy atom. The van der Waals surface area contributed by atoms with Crippen LogP contribution < -0.4 is 0 Å². The van der Waals surface area contributed by atoms with E-state index in [-0.39, 0.29) is 24.0 Å². The quantitative estimate of drug-likeness (QED) is 0.893. The van der Waals surface area contributed by atoms with Crippen molar-refractivity contribution in [3.05, 3.63) is 36.0 Å². The van der Waals surface area contributed by atoms with Crippen LogP contribution in [0.2, 0.25) is 0 Å². The fraction of sp³-hybridized carbons (Fsp3) is 0.500. The Morgan fingerprint density at radius 3 is 3.04 bits per heavy atom. The first-order valence-corrected chi connectivity index (χ1v) is 8.38. The Balaban J connectivity index is 1.66. The first-order chi connectivity index (χ1) is 11.3. The number of rotatable bonds is 2. The molecular weight excluding hydrogens is 292 g/mol. The van der Waals surface area contributed by atoms with Crippen LogP contribution in [0.1, 0.15) is 29.6 Å². The molecule has 3 atom stereocenters. The molecule has 0 radical (unpaired) electrons. The van der Waals surface area contributed by atoms with E-state index in [0.29, 0.717) is 25.3 Å². The molecule has 0 bridgehead atoms. The van der Waals surface area contributed by atoms with Crippen LogP contribution in [0.4, 0.5) is 0 Å². The summed E-state index contributed by atoms with van der Waals surface area (Å²) in [5.74, 6) is 0.160. The van der Waals surface area contributed by atoms with Gasteiger partial charge in [0.25, 0.3) is 5.91 Å². The average Bonchev–Trinajstić information content (AvgIpc) is 3.22. The molecule has 2 heterocycles. The van der Waals surface area contributed by atoms with E-state index >= 15 is 0 Å². The van der Waals surface area contributed by atoms with E-state index in [1.54, 1.807) is 0 Å². The van der Waals surface area contributed by atoms with Gasteiger partial charge in [-0.25, -0.2) is 0 Å². The molecule has 2 aromatic rings. The molecule has 1 aromatic carbocycles. The van der Waals surface area contributed by atoms with Crippen LogP contribution in [-0.4, -0.2) is 52.8 Å². The molecule has 0 spiro atoms. The highest BCUT2D eigenvalue weighted by Crippen LogP contribution is 2.33. The van der Waals surface area contributed by atoms with E-state index in [1.165, 1.54) is 0 Å². The van der Waals surface area contributed by atoms with Crippen LogP contribution in [0.25, 0.3) is 10.9 Å². The van der Waals surface area contributed by atoms with Crippen LogP contribution in [0.3, 0.4) is 0 Å². The minimum Gasteiger partial charge on any atom is -0.393 e. The molecule has 1 amide bonds. The van der Waals surface area contributed by atoms with Crippen molar-refractivity contribution in [2.75, 3.05) is 19.8 Å². The number of amides is 1. The monoisotopic (exact) mass is 314 g/mol. The zero-order valence-electron chi connectivity index (χ0n) is 13.1. The zero-order valence-corrected chi connectivity index (χ0v) is 13.1. The number of carbonyl (C=O) groups is 1. The third-order valence-electron chi connectivity index (χ3n) is 5.27. The first kappa shape index (κ1) is 14.7. The van der Waals surface area contributed by atoms with Gasteiger partial charge >= 0.3 is 0 Å². The number of nitrogens with zero attached hydrogens (tertiary/aromatic N) is 1. The lowest BCUT2D eigenvalue weighted by Gasteiger charge is -2.40. The molecule has 122 valence electrons. The molecule has 4 rings (SSSR count). The number of carbonyl (C=O) groups excluding carboxylic acids is 1. The topological polar surface area (TPSA) is 65.6 Å². The summed E-state index contributed by atoms with van der Waals surface area (Å²) < 4.78 is 5.62. The normalized spacial score (nSPS) is 28.4. The molecule has 5 nitrogen and oxygen atoms in total. The lowest BCUT2D eigenvalue weighted by atomic mass is 9.93. The molecule has 2 N–H and O–H groups in total. The SMILES string of the molecule is O=C(c1cccc2cc[nH]c12)N1CCOC[C@@H]1[C@H]1CCC[C@H]1O. The molecule has 23 heavy (non-hydrogen) atoms. The number of nitrogens with one attached hydrogen (secondary N) is 1. The van der Waals surface area contributed by atoms with Gasteiger partial charge in [0.2, 0.25) is 0 Å². The van der Waals surface area contributed by atoms with Crippen molar-refractivity contribution in [2.24, 2.45) is 5.92 Å². The molecule has 1 saturated heterocycles. The Morgan fingerprint density at radius 2 is 2.22 bits per heavy atom. The van der Waals surface area contributed by atoms with Crippen LogP contribution in [0.5, 0.6) is 0 Å². The molecule has 2 fully saturated rings. The maximum absolute atomic E-state index is 13.2. The van der Waals surface area contributed by atoms with Crippen LogP contribution >= 0.6 is 0 Å². The molecule has 0 unspecified atom stereocenters. The van der Waals surface area contributed by atoms with Gasteiger partial charge in [-0.1, -0.05) is 18.6 Å². The summed E-state index contributed by atoms with van der Waals surface area (Å²) in [7, 11) is 0. The predicted octanol–water partition coefficient (Wildman–Crippen LogP) is 2.17. The smallest absolute Gasteiger partial charge is 0.256 e. The lowest BCUT2D eigenvalue weighted by molar-refractivity contribution is -0.0382. The second-order valence-corrected chi connectivity index (χ2v) is 6.55. The minimum absolute atomic E-state index is 0.0287. The van der Waals surface area contributed by atoms with Crippen molar-refractivity contribution in [3.63, 3.8) is 0 Å². The van der Waals surface area contributed by atoms with Gasteiger partial charge in [-0.15, -0.1) is 0 Å². The summed E-state index contributed by atoms with van der Waals surface area (Å²) in [6.45, 7) is 1.67. The third kappa shape index (κ3) is 2.54. The number of aromatic nitrogens is 1. The standard InChI is InChI=1S/C18H22N2O3/c21-16-6-2-4-13(16)15-11-23-10-9-20(15)18(22)14-5-1-3-12-7-8-19-17(12)14/h1,3,5,7-8,13,15-16,19,21H,2,4,6,9-11H2/t13-,15-,16-/m1/s1. The van der Waals surface area contributed by atoms with Gasteiger partial charge in [-0.2, -0.15) is 0 Å². The number of hydrogen-bond acceptors (Lipinski definition) is 3. The number of para-hydroxylation sites is 1. The van der Waals surface area contributed by atoms with Gasteiger partial charge in [0.1, 0.15) is 0 Å². The van der Waals surface area contributed by atoms with Gasteiger partial charge < -0.3 is 19.7 Å². The lowest BCUT2D eigenvalue weighted by Crippen LogP contribution is -2.53. The van der Waals surface area contributed by atoms with Crippen molar-refractivity contribution >= 4 is 16.8 Å². The van der Waals surface area contributed by atoms with Crippen molar-refractivity contribution in [2.45, 2.75) is 31.4 Å². The fourth-order valence-electron chi connectivity index (χ4n) is 4.07. The minimum atomic E-state index is -0.321. The second-order valence-electron chi connectivity index (χ2n) is 6.55. The Kier molecular flexibility index (Phi) is 3.83. The summed E-state index contributed by atoms with van der Waals surface area (Å²) >= 11 is 0. The molecule has 2 aliphatic rings. The summed E-state index contributed by atoms with van der Waals surface area (Å²) in [6, 6.07) is 7.74. The van der Waals surface area contributed by atoms with E-state index in [4.69, 9.17) is 4.74 Å². The van der Waals surface area contributed by atoms with E-state index in [2.05, 4.69) is 4.98 Å². The van der Waals surface area contributed by atoms with E-state index in [1.807, 2.05) is 35.4 Å². The summed E-state index contributed by atoms with van der Waals surface area (Å²) in [4.78, 5) is 18.2. The van der Waals surface area contributed by atoms with E-state index in [0.717, 1.165) is 30.2 Å². The molecule has 1 aliphatic heterocycles. The Hall–Kier alpha value is -1.85. The van der Waals surface area contributed by atoms with Gasteiger partial charge in [0, 0.05) is 24.0 Å². The van der Waals surface area contributed by atoms with Gasteiger partial charge in [-0.05, 0) is 25.0 Å². The Bertz CT molecular complexity index is 711. The highest BCUT2D eigenvalue weighted by Gasteiger charge is 2.39. The maximum Gasteiger partial charge on any atom is 0.256 e. The third-order valence-corrected chi connectivity index (χ3v) is 5.27. The predicted molar refractivity (Wildman–Crippen MR) is 87.3 cm³/mol. The average molecular weight is 314 g/mol. The fourth-order valence-corrected chi connectivity index (χ4v) is 4.07. The summed E-state index contributed by atoms with van der Waals surface area (Å²) in [6.07, 6.45) is 4.36. The summed E-state index contributed by atoms with van der Waals surface area (Å²) in [5.41, 5.74) is 1.58. The van der Waals surface area contributed by atoms with Gasteiger partial charge in [0.05, 0.1) is 36.4 Å². The maximum atomic E-state index is 13.2. The largest absolute Gasteiger partial charge is 0.393 e. The number of morpholine rings is 1. The van der Waals surface area contributed by atoms with Crippen molar-refractivity contribution < 1.29 is 14.6 Å². The van der Waals surface area contributed by atoms with E-state index in [9.17, 15) is 9.90 Å². The highest BCUT2D eigenvalue weighted by molar-refractivity contribution is 6.05. The van der Waals surface area contributed by atoms with Crippen LogP contribution in [-0.2, 0) is 4.74 Å². The van der Waals surface area contributed by atoms with E-state index < -0.39 is 0 Å².